The highest BCUT2D eigenvalue weighted by atomic mass is 16.2. The summed E-state index contributed by atoms with van der Waals surface area (Å²) in [7, 11) is 0. The second-order valence-corrected chi connectivity index (χ2v) is 3.39. The van der Waals surface area contributed by atoms with Crippen molar-refractivity contribution in [1.82, 2.24) is 15.6 Å². The van der Waals surface area contributed by atoms with Crippen molar-refractivity contribution < 1.29 is 9.59 Å². The zero-order valence-corrected chi connectivity index (χ0v) is 9.58. The van der Waals surface area contributed by atoms with E-state index >= 15 is 0 Å². The van der Waals surface area contributed by atoms with Gasteiger partial charge in [0.15, 0.2) is 0 Å². The second kappa shape index (κ2) is 6.47. The summed E-state index contributed by atoms with van der Waals surface area (Å²) in [5, 5.41) is 5.17. The molecule has 0 radical (unpaired) electrons. The van der Waals surface area contributed by atoms with E-state index in [1.807, 2.05) is 6.92 Å². The molecular weight excluding hydrogens is 222 g/mol. The zero-order chi connectivity index (χ0) is 12.7. The molecular formula is C11H15N3O3. The van der Waals surface area contributed by atoms with Crippen LogP contribution in [0.15, 0.2) is 23.0 Å². The molecule has 0 aliphatic carbocycles. The zero-order valence-electron chi connectivity index (χ0n) is 9.58. The molecule has 2 amide bonds. The first kappa shape index (κ1) is 13.0. The minimum Gasteiger partial charge on any atom is -0.356 e. The summed E-state index contributed by atoms with van der Waals surface area (Å²) in [4.78, 5) is 36.0. The number of H-pyrrole nitrogens is 1. The summed E-state index contributed by atoms with van der Waals surface area (Å²) >= 11 is 0. The molecule has 0 spiro atoms. The minimum atomic E-state index is -0.396. The number of carbonyl (C=O) groups is 2. The molecule has 92 valence electrons. The van der Waals surface area contributed by atoms with Crippen LogP contribution in [0.2, 0.25) is 0 Å². The van der Waals surface area contributed by atoms with Crippen molar-refractivity contribution in [2.75, 3.05) is 13.1 Å². The van der Waals surface area contributed by atoms with Gasteiger partial charge in [0.1, 0.15) is 5.69 Å². The van der Waals surface area contributed by atoms with Crippen molar-refractivity contribution in [2.24, 2.45) is 0 Å². The Balaban J connectivity index is 2.40. The lowest BCUT2D eigenvalue weighted by Gasteiger charge is -2.04. The highest BCUT2D eigenvalue weighted by Gasteiger charge is 2.06. The van der Waals surface area contributed by atoms with Crippen LogP contribution in [0.4, 0.5) is 0 Å². The number of nitrogens with one attached hydrogen (secondary N) is 3. The molecule has 0 fully saturated rings. The van der Waals surface area contributed by atoms with Crippen LogP contribution in [-0.2, 0) is 4.79 Å². The number of amides is 2. The van der Waals surface area contributed by atoms with Gasteiger partial charge in [-0.1, -0.05) is 6.07 Å². The van der Waals surface area contributed by atoms with E-state index in [1.54, 1.807) is 0 Å². The minimum absolute atomic E-state index is 0.116. The Hall–Kier alpha value is -2.11. The maximum absolute atomic E-state index is 11.5. The first-order valence-electron chi connectivity index (χ1n) is 5.37. The van der Waals surface area contributed by atoms with E-state index in [0.29, 0.717) is 6.54 Å². The normalized spacial score (nSPS) is 9.71. The third-order valence-corrected chi connectivity index (χ3v) is 2.02. The number of aromatic nitrogens is 1. The van der Waals surface area contributed by atoms with Gasteiger partial charge in [0, 0.05) is 25.6 Å². The van der Waals surface area contributed by atoms with Gasteiger partial charge in [-0.3, -0.25) is 14.4 Å². The molecule has 0 unspecified atom stereocenters. The van der Waals surface area contributed by atoms with E-state index < -0.39 is 5.91 Å². The monoisotopic (exact) mass is 237 g/mol. The number of pyridine rings is 1. The summed E-state index contributed by atoms with van der Waals surface area (Å²) in [6, 6.07) is 4.33. The highest BCUT2D eigenvalue weighted by Crippen LogP contribution is 1.89. The molecule has 0 aliphatic rings. The Morgan fingerprint density at radius 3 is 2.71 bits per heavy atom. The summed E-state index contributed by atoms with van der Waals surface area (Å²) in [5.41, 5.74) is -0.144. The lowest BCUT2D eigenvalue weighted by Crippen LogP contribution is -2.31. The summed E-state index contributed by atoms with van der Waals surface area (Å²) in [6.07, 6.45) is 0.219. The maximum Gasteiger partial charge on any atom is 0.267 e. The third-order valence-electron chi connectivity index (χ3n) is 2.02. The largest absolute Gasteiger partial charge is 0.356 e. The van der Waals surface area contributed by atoms with Crippen molar-refractivity contribution in [3.63, 3.8) is 0 Å². The molecule has 1 heterocycles. The Morgan fingerprint density at radius 1 is 1.29 bits per heavy atom. The molecule has 0 bridgehead atoms. The molecule has 0 saturated heterocycles. The van der Waals surface area contributed by atoms with Crippen LogP contribution in [0.1, 0.15) is 23.8 Å². The first-order chi connectivity index (χ1) is 8.13. The molecule has 0 aromatic carbocycles. The van der Waals surface area contributed by atoms with Gasteiger partial charge in [-0.25, -0.2) is 0 Å². The second-order valence-electron chi connectivity index (χ2n) is 3.39. The molecule has 17 heavy (non-hydrogen) atoms. The Kier molecular flexibility index (Phi) is 4.93. The van der Waals surface area contributed by atoms with Gasteiger partial charge in [0.05, 0.1) is 0 Å². The number of carbonyl (C=O) groups excluding carboxylic acids is 2. The van der Waals surface area contributed by atoms with Crippen LogP contribution in [0.25, 0.3) is 0 Å². The lowest BCUT2D eigenvalue weighted by molar-refractivity contribution is -0.120. The number of hydrogen-bond donors (Lipinski definition) is 3. The average molecular weight is 237 g/mol. The predicted octanol–water partition coefficient (Wildman–Crippen LogP) is -0.369. The van der Waals surface area contributed by atoms with Gasteiger partial charge in [-0.05, 0) is 13.0 Å². The summed E-state index contributed by atoms with van der Waals surface area (Å²) in [6.45, 7) is 2.63. The molecule has 0 atom stereocenters. The van der Waals surface area contributed by atoms with Gasteiger partial charge < -0.3 is 15.6 Å². The fourth-order valence-electron chi connectivity index (χ4n) is 1.25. The number of aromatic amines is 1. The quantitative estimate of drug-likeness (QED) is 0.652. The molecule has 1 aromatic heterocycles. The van der Waals surface area contributed by atoms with Crippen LogP contribution in [0.5, 0.6) is 0 Å². The van der Waals surface area contributed by atoms with Crippen LogP contribution in [0, 0.1) is 0 Å². The molecule has 1 rings (SSSR count). The molecule has 3 N–H and O–H groups in total. The van der Waals surface area contributed by atoms with E-state index in [0.717, 1.165) is 0 Å². The summed E-state index contributed by atoms with van der Waals surface area (Å²) in [5.74, 6) is -0.513. The van der Waals surface area contributed by atoms with E-state index in [2.05, 4.69) is 15.6 Å². The van der Waals surface area contributed by atoms with E-state index in [4.69, 9.17) is 0 Å². The van der Waals surface area contributed by atoms with Crippen molar-refractivity contribution in [3.8, 4) is 0 Å². The number of rotatable bonds is 5. The maximum atomic E-state index is 11.5. The van der Waals surface area contributed by atoms with Crippen molar-refractivity contribution in [1.29, 1.82) is 0 Å². The topological polar surface area (TPSA) is 91.1 Å². The van der Waals surface area contributed by atoms with Crippen LogP contribution >= 0.6 is 0 Å². The van der Waals surface area contributed by atoms with Gasteiger partial charge in [-0.2, -0.15) is 0 Å². The number of hydrogen-bond acceptors (Lipinski definition) is 3. The molecule has 6 nitrogen and oxygen atoms in total. The Morgan fingerprint density at radius 2 is 2.06 bits per heavy atom. The van der Waals surface area contributed by atoms with Crippen molar-refractivity contribution >= 4 is 11.8 Å². The van der Waals surface area contributed by atoms with Crippen molar-refractivity contribution in [2.45, 2.75) is 13.3 Å². The Labute approximate surface area is 98.4 Å². The van der Waals surface area contributed by atoms with Gasteiger partial charge in [0.2, 0.25) is 11.5 Å². The molecule has 6 heteroatoms. The third kappa shape index (κ3) is 4.50. The molecule has 1 aromatic rings. The fraction of sp³-hybridized carbons (Fsp3) is 0.364. The summed E-state index contributed by atoms with van der Waals surface area (Å²) < 4.78 is 0. The highest BCUT2D eigenvalue weighted by molar-refractivity contribution is 5.92. The van der Waals surface area contributed by atoms with E-state index in [-0.39, 0.29) is 30.1 Å². The SMILES string of the molecule is CCNC(=O)CCNC(=O)c1cccc(=O)[nH]1. The molecule has 0 aliphatic heterocycles. The Bertz CT molecular complexity index is 453. The van der Waals surface area contributed by atoms with Gasteiger partial charge >= 0.3 is 0 Å². The lowest BCUT2D eigenvalue weighted by atomic mass is 10.3. The van der Waals surface area contributed by atoms with E-state index in [1.165, 1.54) is 18.2 Å². The standard InChI is InChI=1S/C11H15N3O3/c1-2-12-9(15)6-7-13-11(17)8-4-3-5-10(16)14-8/h3-5H,2,6-7H2,1H3,(H,12,15)(H,13,17)(H,14,16). The predicted molar refractivity (Wildman–Crippen MR) is 62.7 cm³/mol. The van der Waals surface area contributed by atoms with Crippen LogP contribution in [-0.4, -0.2) is 29.9 Å². The average Bonchev–Trinajstić information content (AvgIpc) is 2.29. The van der Waals surface area contributed by atoms with Gasteiger partial charge in [-0.15, -0.1) is 0 Å². The fourth-order valence-corrected chi connectivity index (χ4v) is 1.25. The van der Waals surface area contributed by atoms with Gasteiger partial charge in [0.25, 0.3) is 5.91 Å². The van der Waals surface area contributed by atoms with Crippen LogP contribution in [0.3, 0.4) is 0 Å². The van der Waals surface area contributed by atoms with Crippen molar-refractivity contribution in [3.05, 3.63) is 34.2 Å². The van der Waals surface area contributed by atoms with Crippen LogP contribution < -0.4 is 16.2 Å². The smallest absolute Gasteiger partial charge is 0.267 e. The first-order valence-corrected chi connectivity index (χ1v) is 5.37. The van der Waals surface area contributed by atoms with E-state index in [9.17, 15) is 14.4 Å². The molecule has 0 saturated carbocycles.